The molecule has 2 aromatic carbocycles. The number of H-pyrrole nitrogens is 2. The molecule has 2 fully saturated rings. The molecule has 4 aromatic rings. The van der Waals surface area contributed by atoms with Crippen LogP contribution in [0.25, 0.3) is 21.8 Å². The minimum absolute atomic E-state index is 0.921. The van der Waals surface area contributed by atoms with Gasteiger partial charge in [0, 0.05) is 34.2 Å². The van der Waals surface area contributed by atoms with Gasteiger partial charge in [-0.15, -0.1) is 0 Å². The second-order valence-electron chi connectivity index (χ2n) is 10.2. The minimum Gasteiger partial charge on any atom is -0.361 e. The molecule has 2 saturated heterocycles. The van der Waals surface area contributed by atoms with Crippen molar-refractivity contribution in [2.45, 2.75) is 51.4 Å². The van der Waals surface area contributed by atoms with Crippen LogP contribution in [0, 0.1) is 11.8 Å². The maximum Gasteiger partial charge on any atom is 0.0456 e. The minimum atomic E-state index is 0.921. The first-order chi connectivity index (χ1) is 16.9. The zero-order chi connectivity index (χ0) is 23.0. The topological polar surface area (TPSA) is 55.6 Å². The highest BCUT2D eigenvalue weighted by molar-refractivity contribution is 5.83. The van der Waals surface area contributed by atoms with Crippen LogP contribution in [-0.4, -0.2) is 36.1 Å². The van der Waals surface area contributed by atoms with Crippen LogP contribution in [0.5, 0.6) is 0 Å². The van der Waals surface area contributed by atoms with E-state index in [1.165, 1.54) is 110 Å². The second-order valence-corrected chi connectivity index (χ2v) is 10.2. The molecule has 0 radical (unpaired) electrons. The van der Waals surface area contributed by atoms with Crippen molar-refractivity contribution < 1.29 is 0 Å². The van der Waals surface area contributed by atoms with Gasteiger partial charge in [-0.3, -0.25) is 0 Å². The van der Waals surface area contributed by atoms with Crippen LogP contribution in [0.2, 0.25) is 0 Å². The molecule has 2 aromatic heterocycles. The van der Waals surface area contributed by atoms with Crippen molar-refractivity contribution in [2.75, 3.05) is 26.2 Å². The van der Waals surface area contributed by atoms with E-state index in [0.717, 1.165) is 11.8 Å². The Bertz CT molecular complexity index is 1050. The van der Waals surface area contributed by atoms with E-state index in [2.05, 4.69) is 81.5 Å². The maximum atomic E-state index is 3.43. The Morgan fingerprint density at radius 1 is 0.559 bits per heavy atom. The Morgan fingerprint density at radius 3 is 1.41 bits per heavy atom. The van der Waals surface area contributed by atoms with Gasteiger partial charge in [0.15, 0.2) is 0 Å². The molecule has 4 heteroatoms. The second kappa shape index (κ2) is 11.7. The van der Waals surface area contributed by atoms with Crippen molar-refractivity contribution in [3.63, 3.8) is 0 Å². The standard InChI is InChI=1S/2C15H20N2/c2*1-2-4-15-14(3-1)13(11-17-15)6-5-12-7-9-16-10-8-12/h2*1-4,11-12,16-17H,5-10H2. The number of aryl methyl sites for hydroxylation is 2. The summed E-state index contributed by atoms with van der Waals surface area (Å²) < 4.78 is 0. The van der Waals surface area contributed by atoms with Gasteiger partial charge in [0.2, 0.25) is 0 Å². The number of benzene rings is 2. The zero-order valence-corrected chi connectivity index (χ0v) is 20.4. The highest BCUT2D eigenvalue weighted by Crippen LogP contribution is 2.24. The van der Waals surface area contributed by atoms with Crippen LogP contribution in [0.15, 0.2) is 60.9 Å². The highest BCUT2D eigenvalue weighted by atomic mass is 14.9. The van der Waals surface area contributed by atoms with Crippen LogP contribution in [-0.2, 0) is 12.8 Å². The Hall–Kier alpha value is -2.56. The predicted octanol–water partition coefficient (Wildman–Crippen LogP) is 6.20. The number of nitrogens with one attached hydrogen (secondary N) is 4. The molecule has 6 rings (SSSR count). The Morgan fingerprint density at radius 2 is 0.971 bits per heavy atom. The van der Waals surface area contributed by atoms with E-state index in [0.29, 0.717) is 0 Å². The molecular weight excluding hydrogens is 416 g/mol. The van der Waals surface area contributed by atoms with Crippen molar-refractivity contribution in [3.05, 3.63) is 72.1 Å². The average Bonchev–Trinajstić information content (AvgIpc) is 3.52. The van der Waals surface area contributed by atoms with Crippen LogP contribution >= 0.6 is 0 Å². The summed E-state index contributed by atoms with van der Waals surface area (Å²) in [4.78, 5) is 6.73. The molecule has 2 aliphatic rings. The number of aromatic nitrogens is 2. The predicted molar refractivity (Wildman–Crippen MR) is 144 cm³/mol. The van der Waals surface area contributed by atoms with Gasteiger partial charge >= 0.3 is 0 Å². The molecule has 0 amide bonds. The van der Waals surface area contributed by atoms with Gasteiger partial charge in [-0.05, 0) is 113 Å². The number of rotatable bonds is 6. The van der Waals surface area contributed by atoms with Crippen molar-refractivity contribution in [1.29, 1.82) is 0 Å². The van der Waals surface area contributed by atoms with Gasteiger partial charge in [-0.25, -0.2) is 0 Å². The van der Waals surface area contributed by atoms with Gasteiger partial charge in [0.25, 0.3) is 0 Å². The number of para-hydroxylation sites is 2. The lowest BCUT2D eigenvalue weighted by Crippen LogP contribution is -2.27. The molecule has 180 valence electrons. The molecule has 4 heterocycles. The largest absolute Gasteiger partial charge is 0.361 e. The van der Waals surface area contributed by atoms with Gasteiger partial charge in [-0.2, -0.15) is 0 Å². The third-order valence-corrected chi connectivity index (χ3v) is 7.91. The van der Waals surface area contributed by atoms with Crippen molar-refractivity contribution in [3.8, 4) is 0 Å². The van der Waals surface area contributed by atoms with Crippen LogP contribution < -0.4 is 10.6 Å². The molecule has 0 bridgehead atoms. The van der Waals surface area contributed by atoms with Crippen molar-refractivity contribution in [1.82, 2.24) is 20.6 Å². The first-order valence-electron chi connectivity index (χ1n) is 13.4. The third kappa shape index (κ3) is 5.92. The van der Waals surface area contributed by atoms with E-state index in [-0.39, 0.29) is 0 Å². The monoisotopic (exact) mass is 456 g/mol. The average molecular weight is 457 g/mol. The first kappa shape index (κ1) is 23.2. The number of fused-ring (bicyclic) bond motifs is 2. The van der Waals surface area contributed by atoms with E-state index in [9.17, 15) is 0 Å². The molecular formula is C30H40N4. The molecule has 0 unspecified atom stereocenters. The summed E-state index contributed by atoms with van der Waals surface area (Å²) >= 11 is 0. The Kier molecular flexibility index (Phi) is 8.00. The van der Waals surface area contributed by atoms with Crippen LogP contribution in [0.1, 0.15) is 49.7 Å². The molecule has 0 aliphatic carbocycles. The summed E-state index contributed by atoms with van der Waals surface area (Å²) in [5.74, 6) is 1.84. The van der Waals surface area contributed by atoms with Gasteiger partial charge < -0.3 is 20.6 Å². The molecule has 4 N–H and O–H groups in total. The Balaban J connectivity index is 0.000000142. The SMILES string of the molecule is c1ccc2c(CCC3CCNCC3)c[nH]c2c1.c1ccc2c(CCC3CCNCC3)c[nH]c2c1. The molecule has 4 nitrogen and oxygen atoms in total. The first-order valence-corrected chi connectivity index (χ1v) is 13.4. The molecule has 0 atom stereocenters. The number of hydrogen-bond donors (Lipinski definition) is 4. The lowest BCUT2D eigenvalue weighted by molar-refractivity contribution is 0.354. The van der Waals surface area contributed by atoms with E-state index >= 15 is 0 Å². The van der Waals surface area contributed by atoms with E-state index in [1.807, 2.05) is 0 Å². The molecule has 2 aliphatic heterocycles. The fraction of sp³-hybridized carbons (Fsp3) is 0.467. The number of aromatic amines is 2. The third-order valence-electron chi connectivity index (χ3n) is 7.91. The summed E-state index contributed by atoms with van der Waals surface area (Å²) in [5, 5.41) is 9.67. The smallest absolute Gasteiger partial charge is 0.0456 e. The molecule has 34 heavy (non-hydrogen) atoms. The summed E-state index contributed by atoms with van der Waals surface area (Å²) in [6, 6.07) is 17.2. The van der Waals surface area contributed by atoms with E-state index < -0.39 is 0 Å². The molecule has 0 spiro atoms. The summed E-state index contributed by atoms with van der Waals surface area (Å²) in [6.45, 7) is 4.83. The van der Waals surface area contributed by atoms with E-state index in [1.54, 1.807) is 0 Å². The lowest BCUT2D eigenvalue weighted by Gasteiger charge is -2.22. The quantitative estimate of drug-likeness (QED) is 0.279. The molecule has 0 saturated carbocycles. The van der Waals surface area contributed by atoms with Crippen molar-refractivity contribution in [2.24, 2.45) is 11.8 Å². The summed E-state index contributed by atoms with van der Waals surface area (Å²) in [6.07, 6.45) is 14.9. The van der Waals surface area contributed by atoms with Crippen LogP contribution in [0.3, 0.4) is 0 Å². The summed E-state index contributed by atoms with van der Waals surface area (Å²) in [7, 11) is 0. The van der Waals surface area contributed by atoms with Gasteiger partial charge in [0.1, 0.15) is 0 Å². The Labute approximate surface area is 203 Å². The van der Waals surface area contributed by atoms with Crippen molar-refractivity contribution >= 4 is 21.8 Å². The fourth-order valence-electron chi connectivity index (χ4n) is 5.74. The van der Waals surface area contributed by atoms with Gasteiger partial charge in [-0.1, -0.05) is 36.4 Å². The van der Waals surface area contributed by atoms with Gasteiger partial charge in [0.05, 0.1) is 0 Å². The van der Waals surface area contributed by atoms with Crippen LogP contribution in [0.4, 0.5) is 0 Å². The lowest BCUT2D eigenvalue weighted by atomic mass is 9.91. The highest BCUT2D eigenvalue weighted by Gasteiger charge is 2.14. The number of piperidine rings is 2. The summed E-state index contributed by atoms with van der Waals surface area (Å²) in [5.41, 5.74) is 5.51. The van der Waals surface area contributed by atoms with E-state index in [4.69, 9.17) is 0 Å². The maximum absolute atomic E-state index is 3.43. The number of hydrogen-bond acceptors (Lipinski definition) is 2. The zero-order valence-electron chi connectivity index (χ0n) is 20.4. The fourth-order valence-corrected chi connectivity index (χ4v) is 5.74. The normalized spacial score (nSPS) is 17.6.